The number of methoxy groups -OCH3 is 1. The monoisotopic (exact) mass is 281 g/mol. The molecule has 0 radical (unpaired) electrons. The molecular weight excluding hydrogens is 267 g/mol. The predicted molar refractivity (Wildman–Crippen MR) is 69.9 cm³/mol. The van der Waals surface area contributed by atoms with Gasteiger partial charge in [-0.2, -0.15) is 0 Å². The Bertz CT molecular complexity index is 602. The molecule has 0 heterocycles. The number of hydrogen-bond acceptors (Lipinski definition) is 2. The fraction of sp³-hybridized carbons (Fsp3) is 0.200. The van der Waals surface area contributed by atoms with Crippen LogP contribution in [0.5, 0.6) is 5.75 Å². The van der Waals surface area contributed by atoms with Crippen LogP contribution in [0.15, 0.2) is 36.4 Å². The Morgan fingerprint density at radius 2 is 1.75 bits per heavy atom. The summed E-state index contributed by atoms with van der Waals surface area (Å²) in [6.07, 6.45) is 0. The van der Waals surface area contributed by atoms with Crippen molar-refractivity contribution in [3.8, 4) is 5.75 Å². The second kappa shape index (κ2) is 6.43. The number of benzene rings is 2. The van der Waals surface area contributed by atoms with E-state index in [9.17, 15) is 13.2 Å². The minimum atomic E-state index is -0.622. The van der Waals surface area contributed by atoms with Crippen LogP contribution in [0.2, 0.25) is 0 Å². The SMILES string of the molecule is COc1cccc(CNCc2ccc(F)cc2F)c1F. The summed E-state index contributed by atoms with van der Waals surface area (Å²) in [7, 11) is 1.39. The van der Waals surface area contributed by atoms with Gasteiger partial charge in [0, 0.05) is 30.3 Å². The molecule has 2 rings (SSSR count). The number of halogens is 3. The van der Waals surface area contributed by atoms with Crippen LogP contribution in [-0.2, 0) is 13.1 Å². The van der Waals surface area contributed by atoms with Crippen molar-refractivity contribution in [3.63, 3.8) is 0 Å². The first kappa shape index (κ1) is 14.4. The third-order valence-electron chi connectivity index (χ3n) is 2.91. The summed E-state index contributed by atoms with van der Waals surface area (Å²) in [5.41, 5.74) is 0.751. The molecule has 0 aliphatic carbocycles. The lowest BCUT2D eigenvalue weighted by atomic mass is 10.1. The van der Waals surface area contributed by atoms with Crippen LogP contribution >= 0.6 is 0 Å². The predicted octanol–water partition coefficient (Wildman–Crippen LogP) is 3.40. The molecule has 2 nitrogen and oxygen atoms in total. The number of ether oxygens (including phenoxy) is 1. The van der Waals surface area contributed by atoms with E-state index in [1.54, 1.807) is 12.1 Å². The maximum absolute atomic E-state index is 13.8. The van der Waals surface area contributed by atoms with Crippen molar-refractivity contribution in [1.82, 2.24) is 5.32 Å². The summed E-state index contributed by atoms with van der Waals surface area (Å²) >= 11 is 0. The minimum Gasteiger partial charge on any atom is -0.494 e. The Morgan fingerprint density at radius 3 is 2.45 bits per heavy atom. The first-order valence-electron chi connectivity index (χ1n) is 6.08. The van der Waals surface area contributed by atoms with E-state index in [0.29, 0.717) is 11.1 Å². The molecule has 0 saturated carbocycles. The van der Waals surface area contributed by atoms with Gasteiger partial charge in [-0.3, -0.25) is 0 Å². The van der Waals surface area contributed by atoms with Crippen molar-refractivity contribution in [2.45, 2.75) is 13.1 Å². The standard InChI is InChI=1S/C15H14F3NO/c1-20-14-4-2-3-11(15(14)18)9-19-8-10-5-6-12(16)7-13(10)17/h2-7,19H,8-9H2,1H3. The van der Waals surface area contributed by atoms with E-state index in [0.717, 1.165) is 6.07 Å². The average Bonchev–Trinajstić information content (AvgIpc) is 2.43. The molecule has 1 N–H and O–H groups in total. The van der Waals surface area contributed by atoms with Gasteiger partial charge in [0.15, 0.2) is 11.6 Å². The third kappa shape index (κ3) is 3.30. The summed E-state index contributed by atoms with van der Waals surface area (Å²) in [6, 6.07) is 8.19. The van der Waals surface area contributed by atoms with Gasteiger partial charge < -0.3 is 10.1 Å². The molecule has 0 saturated heterocycles. The average molecular weight is 281 g/mol. The van der Waals surface area contributed by atoms with E-state index in [1.807, 2.05) is 0 Å². The molecule has 0 aliphatic rings. The largest absolute Gasteiger partial charge is 0.494 e. The fourth-order valence-corrected chi connectivity index (χ4v) is 1.85. The molecular formula is C15H14F3NO. The third-order valence-corrected chi connectivity index (χ3v) is 2.91. The van der Waals surface area contributed by atoms with E-state index < -0.39 is 17.5 Å². The van der Waals surface area contributed by atoms with Crippen molar-refractivity contribution < 1.29 is 17.9 Å². The van der Waals surface area contributed by atoms with Gasteiger partial charge in [-0.15, -0.1) is 0 Å². The molecule has 2 aromatic rings. The van der Waals surface area contributed by atoms with E-state index in [1.165, 1.54) is 25.3 Å². The fourth-order valence-electron chi connectivity index (χ4n) is 1.85. The van der Waals surface area contributed by atoms with E-state index in [-0.39, 0.29) is 18.8 Å². The highest BCUT2D eigenvalue weighted by Crippen LogP contribution is 2.19. The number of rotatable bonds is 5. The normalized spacial score (nSPS) is 10.6. The molecule has 0 aromatic heterocycles. The number of nitrogens with one attached hydrogen (secondary N) is 1. The Morgan fingerprint density at radius 1 is 1.00 bits per heavy atom. The molecule has 0 unspecified atom stereocenters. The zero-order valence-electron chi connectivity index (χ0n) is 10.9. The van der Waals surface area contributed by atoms with Crippen LogP contribution in [0.1, 0.15) is 11.1 Å². The van der Waals surface area contributed by atoms with Gasteiger partial charge in [-0.1, -0.05) is 18.2 Å². The molecule has 2 aromatic carbocycles. The van der Waals surface area contributed by atoms with Crippen LogP contribution in [0.4, 0.5) is 13.2 Å². The quantitative estimate of drug-likeness (QED) is 0.907. The zero-order chi connectivity index (χ0) is 14.5. The van der Waals surface area contributed by atoms with Gasteiger partial charge in [0.05, 0.1) is 7.11 Å². The molecule has 5 heteroatoms. The topological polar surface area (TPSA) is 21.3 Å². The van der Waals surface area contributed by atoms with Crippen molar-refractivity contribution in [2.75, 3.05) is 7.11 Å². The smallest absolute Gasteiger partial charge is 0.169 e. The van der Waals surface area contributed by atoms with Gasteiger partial charge in [0.1, 0.15) is 11.6 Å². The molecule has 0 bridgehead atoms. The maximum Gasteiger partial charge on any atom is 0.169 e. The first-order chi connectivity index (χ1) is 9.61. The number of hydrogen-bond donors (Lipinski definition) is 1. The van der Waals surface area contributed by atoms with Crippen LogP contribution < -0.4 is 10.1 Å². The molecule has 106 valence electrons. The summed E-state index contributed by atoms with van der Waals surface area (Å²) < 4.78 is 44.9. The summed E-state index contributed by atoms with van der Waals surface area (Å²) in [4.78, 5) is 0. The molecule has 0 aliphatic heterocycles. The summed E-state index contributed by atoms with van der Waals surface area (Å²) in [5, 5.41) is 2.91. The molecule has 0 spiro atoms. The summed E-state index contributed by atoms with van der Waals surface area (Å²) in [6.45, 7) is 0.405. The lowest BCUT2D eigenvalue weighted by Gasteiger charge is -2.09. The molecule has 20 heavy (non-hydrogen) atoms. The Hall–Kier alpha value is -2.01. The Kier molecular flexibility index (Phi) is 4.63. The van der Waals surface area contributed by atoms with E-state index in [4.69, 9.17) is 4.74 Å². The van der Waals surface area contributed by atoms with Gasteiger partial charge in [-0.25, -0.2) is 13.2 Å². The molecule has 0 amide bonds. The lowest BCUT2D eigenvalue weighted by molar-refractivity contribution is 0.383. The van der Waals surface area contributed by atoms with E-state index in [2.05, 4.69) is 5.32 Å². The van der Waals surface area contributed by atoms with Crippen LogP contribution in [-0.4, -0.2) is 7.11 Å². The molecule has 0 fully saturated rings. The van der Waals surface area contributed by atoms with Crippen molar-refractivity contribution in [2.24, 2.45) is 0 Å². The van der Waals surface area contributed by atoms with Crippen LogP contribution in [0.25, 0.3) is 0 Å². The second-order valence-corrected chi connectivity index (χ2v) is 4.27. The van der Waals surface area contributed by atoms with Gasteiger partial charge in [0.2, 0.25) is 0 Å². The maximum atomic E-state index is 13.8. The molecule has 0 atom stereocenters. The van der Waals surface area contributed by atoms with Crippen LogP contribution in [0.3, 0.4) is 0 Å². The highest BCUT2D eigenvalue weighted by Gasteiger charge is 2.08. The van der Waals surface area contributed by atoms with Crippen molar-refractivity contribution in [3.05, 3.63) is 65.0 Å². The van der Waals surface area contributed by atoms with Crippen LogP contribution in [0, 0.1) is 17.5 Å². The second-order valence-electron chi connectivity index (χ2n) is 4.27. The minimum absolute atomic E-state index is 0.164. The van der Waals surface area contributed by atoms with Crippen molar-refractivity contribution >= 4 is 0 Å². The van der Waals surface area contributed by atoms with Gasteiger partial charge in [0.25, 0.3) is 0 Å². The summed E-state index contributed by atoms with van der Waals surface area (Å²) in [5.74, 6) is -1.52. The first-order valence-corrected chi connectivity index (χ1v) is 6.08. The zero-order valence-corrected chi connectivity index (χ0v) is 10.9. The highest BCUT2D eigenvalue weighted by atomic mass is 19.1. The van der Waals surface area contributed by atoms with E-state index >= 15 is 0 Å². The highest BCUT2D eigenvalue weighted by molar-refractivity contribution is 5.31. The Labute approximate surface area is 115 Å². The lowest BCUT2D eigenvalue weighted by Crippen LogP contribution is -2.15. The van der Waals surface area contributed by atoms with Gasteiger partial charge >= 0.3 is 0 Å². The Balaban J connectivity index is 1.99. The van der Waals surface area contributed by atoms with Gasteiger partial charge in [-0.05, 0) is 12.1 Å². The van der Waals surface area contributed by atoms with Crippen molar-refractivity contribution in [1.29, 1.82) is 0 Å².